The highest BCUT2D eigenvalue weighted by Crippen LogP contribution is 2.19. The second-order valence-corrected chi connectivity index (χ2v) is 3.49. The molecule has 0 aliphatic rings. The Labute approximate surface area is 97.9 Å². The minimum Gasteiger partial charge on any atom is -0.206 e. The number of hydrogen-bond acceptors (Lipinski definition) is 1. The Balaban J connectivity index is 2.80. The zero-order valence-corrected chi connectivity index (χ0v) is 9.42. The normalized spacial score (nSPS) is 8.94. The van der Waals surface area contributed by atoms with Crippen molar-refractivity contribution in [2.24, 2.45) is 5.11 Å². The number of azide groups is 1. The van der Waals surface area contributed by atoms with Crippen molar-refractivity contribution in [1.29, 1.82) is 0 Å². The first-order chi connectivity index (χ1) is 7.65. The number of benzene rings is 1. The maximum atomic E-state index is 13.4. The molecule has 0 aromatic heterocycles. The molecule has 0 saturated carbocycles. The summed E-state index contributed by atoms with van der Waals surface area (Å²) in [6.45, 7) is 2.01. The summed E-state index contributed by atoms with van der Waals surface area (Å²) in [5.74, 6) is 4.97. The standard InChI is InChI=1S/C11H9ClFN3/c1-8-6-11(13)9(7-10(8)12)4-2-3-5-15-16-14/h6-7H,3,5H2,1H3. The van der Waals surface area contributed by atoms with E-state index in [0.29, 0.717) is 17.0 Å². The molecule has 0 fully saturated rings. The first-order valence-corrected chi connectivity index (χ1v) is 4.98. The van der Waals surface area contributed by atoms with Crippen molar-refractivity contribution < 1.29 is 4.39 Å². The molecule has 0 atom stereocenters. The Hall–Kier alpha value is -1.69. The van der Waals surface area contributed by atoms with Crippen LogP contribution in [0.5, 0.6) is 0 Å². The summed E-state index contributed by atoms with van der Waals surface area (Å²) in [4.78, 5) is 2.59. The SMILES string of the molecule is Cc1cc(F)c(C#CCCN=[N+]=[N-])cc1Cl. The minimum atomic E-state index is -0.391. The van der Waals surface area contributed by atoms with E-state index in [1.807, 2.05) is 0 Å². The highest BCUT2D eigenvalue weighted by molar-refractivity contribution is 6.31. The van der Waals surface area contributed by atoms with Crippen LogP contribution in [0.2, 0.25) is 5.02 Å². The Morgan fingerprint density at radius 3 is 3.00 bits per heavy atom. The van der Waals surface area contributed by atoms with E-state index in [1.165, 1.54) is 12.1 Å². The van der Waals surface area contributed by atoms with E-state index >= 15 is 0 Å². The van der Waals surface area contributed by atoms with Gasteiger partial charge in [-0.3, -0.25) is 0 Å². The lowest BCUT2D eigenvalue weighted by Gasteiger charge is -1.99. The van der Waals surface area contributed by atoms with Gasteiger partial charge in [0.05, 0.1) is 5.56 Å². The third kappa shape index (κ3) is 3.47. The number of hydrogen-bond donors (Lipinski definition) is 0. The molecule has 5 heteroatoms. The molecule has 0 heterocycles. The first kappa shape index (κ1) is 12.4. The van der Waals surface area contributed by atoms with Gasteiger partial charge in [0.15, 0.2) is 0 Å². The van der Waals surface area contributed by atoms with Crippen molar-refractivity contribution in [1.82, 2.24) is 0 Å². The van der Waals surface area contributed by atoms with Crippen LogP contribution in [0.3, 0.4) is 0 Å². The van der Waals surface area contributed by atoms with E-state index in [0.717, 1.165) is 0 Å². The summed E-state index contributed by atoms with van der Waals surface area (Å²) in [5.41, 5.74) is 8.97. The Bertz CT molecular complexity index is 496. The Morgan fingerprint density at radius 1 is 1.56 bits per heavy atom. The van der Waals surface area contributed by atoms with Gasteiger partial charge in [-0.05, 0) is 30.2 Å². The zero-order chi connectivity index (χ0) is 12.0. The van der Waals surface area contributed by atoms with E-state index in [-0.39, 0.29) is 12.1 Å². The van der Waals surface area contributed by atoms with Gasteiger partial charge in [-0.15, -0.1) is 0 Å². The molecular formula is C11H9ClFN3. The quantitative estimate of drug-likeness (QED) is 0.247. The topological polar surface area (TPSA) is 48.8 Å². The van der Waals surface area contributed by atoms with Gasteiger partial charge in [0.25, 0.3) is 0 Å². The summed E-state index contributed by atoms with van der Waals surface area (Å²) >= 11 is 5.85. The lowest BCUT2D eigenvalue weighted by molar-refractivity contribution is 0.623. The molecule has 0 amide bonds. The molecule has 0 unspecified atom stereocenters. The molecule has 1 aromatic rings. The number of rotatable bonds is 2. The Kier molecular flexibility index (Phi) is 4.65. The van der Waals surface area contributed by atoms with Crippen molar-refractivity contribution in [2.75, 3.05) is 6.54 Å². The highest BCUT2D eigenvalue weighted by Gasteiger charge is 2.03. The molecule has 0 spiro atoms. The second-order valence-electron chi connectivity index (χ2n) is 3.09. The molecular weight excluding hydrogens is 229 g/mol. The highest BCUT2D eigenvalue weighted by atomic mass is 35.5. The molecule has 82 valence electrons. The average Bonchev–Trinajstić information content (AvgIpc) is 2.25. The smallest absolute Gasteiger partial charge is 0.139 e. The largest absolute Gasteiger partial charge is 0.206 e. The van der Waals surface area contributed by atoms with Crippen LogP contribution in [-0.2, 0) is 0 Å². The average molecular weight is 238 g/mol. The molecule has 0 aliphatic carbocycles. The van der Waals surface area contributed by atoms with Gasteiger partial charge in [-0.2, -0.15) is 0 Å². The van der Waals surface area contributed by atoms with Crippen molar-refractivity contribution in [2.45, 2.75) is 13.3 Å². The lowest BCUT2D eigenvalue weighted by atomic mass is 10.1. The minimum absolute atomic E-state index is 0.261. The number of aryl methyl sites for hydroxylation is 1. The zero-order valence-electron chi connectivity index (χ0n) is 8.67. The molecule has 0 aliphatic heterocycles. The van der Waals surface area contributed by atoms with Gasteiger partial charge >= 0.3 is 0 Å². The van der Waals surface area contributed by atoms with E-state index in [4.69, 9.17) is 17.1 Å². The fraction of sp³-hybridized carbons (Fsp3) is 0.273. The van der Waals surface area contributed by atoms with E-state index in [9.17, 15) is 4.39 Å². The van der Waals surface area contributed by atoms with Crippen LogP contribution in [0.4, 0.5) is 4.39 Å². The van der Waals surface area contributed by atoms with Crippen LogP contribution >= 0.6 is 11.6 Å². The van der Waals surface area contributed by atoms with E-state index in [2.05, 4.69) is 21.9 Å². The summed E-state index contributed by atoms with van der Waals surface area (Å²) < 4.78 is 13.4. The third-order valence-electron chi connectivity index (χ3n) is 1.87. The molecule has 16 heavy (non-hydrogen) atoms. The molecule has 1 aromatic carbocycles. The van der Waals surface area contributed by atoms with Crippen molar-refractivity contribution in [3.05, 3.63) is 44.5 Å². The number of halogens is 2. The van der Waals surface area contributed by atoms with E-state index in [1.54, 1.807) is 6.92 Å². The molecule has 0 N–H and O–H groups in total. The van der Waals surface area contributed by atoms with E-state index < -0.39 is 5.82 Å². The van der Waals surface area contributed by atoms with Crippen molar-refractivity contribution in [3.8, 4) is 11.8 Å². The van der Waals surface area contributed by atoms with Gasteiger partial charge < -0.3 is 0 Å². The van der Waals surface area contributed by atoms with Gasteiger partial charge in [-0.1, -0.05) is 28.6 Å². The van der Waals surface area contributed by atoms with Gasteiger partial charge in [0.1, 0.15) is 5.82 Å². The molecule has 0 saturated heterocycles. The molecule has 0 bridgehead atoms. The third-order valence-corrected chi connectivity index (χ3v) is 2.28. The van der Waals surface area contributed by atoms with Gasteiger partial charge in [-0.25, -0.2) is 4.39 Å². The predicted octanol–water partition coefficient (Wildman–Crippen LogP) is 3.84. The summed E-state index contributed by atoms with van der Waals surface area (Å²) in [7, 11) is 0. The van der Waals surface area contributed by atoms with Crippen LogP contribution in [0.25, 0.3) is 10.4 Å². The summed E-state index contributed by atoms with van der Waals surface area (Å²) in [6, 6.07) is 2.84. The van der Waals surface area contributed by atoms with Crippen LogP contribution in [0.1, 0.15) is 17.5 Å². The molecule has 3 nitrogen and oxygen atoms in total. The second kappa shape index (κ2) is 6.02. The monoisotopic (exact) mass is 237 g/mol. The van der Waals surface area contributed by atoms with Crippen LogP contribution in [-0.4, -0.2) is 6.54 Å². The maximum Gasteiger partial charge on any atom is 0.139 e. The van der Waals surface area contributed by atoms with Gasteiger partial charge in [0, 0.05) is 22.9 Å². The fourth-order valence-electron chi connectivity index (χ4n) is 1.05. The van der Waals surface area contributed by atoms with Gasteiger partial charge in [0.2, 0.25) is 0 Å². The summed E-state index contributed by atoms with van der Waals surface area (Å²) in [5, 5.41) is 3.80. The lowest BCUT2D eigenvalue weighted by Crippen LogP contribution is -1.86. The van der Waals surface area contributed by atoms with Crippen molar-refractivity contribution >= 4 is 11.6 Å². The molecule has 0 radical (unpaired) electrons. The van der Waals surface area contributed by atoms with Crippen LogP contribution in [0, 0.1) is 24.6 Å². The Morgan fingerprint density at radius 2 is 2.31 bits per heavy atom. The van der Waals surface area contributed by atoms with Crippen LogP contribution < -0.4 is 0 Å². The maximum absolute atomic E-state index is 13.4. The fourth-order valence-corrected chi connectivity index (χ4v) is 1.21. The number of nitrogens with zero attached hydrogens (tertiary/aromatic N) is 3. The first-order valence-electron chi connectivity index (χ1n) is 4.60. The van der Waals surface area contributed by atoms with Crippen LogP contribution in [0.15, 0.2) is 17.2 Å². The molecule has 1 rings (SSSR count). The van der Waals surface area contributed by atoms with Crippen molar-refractivity contribution in [3.63, 3.8) is 0 Å². The predicted molar refractivity (Wildman–Crippen MR) is 61.7 cm³/mol. The summed E-state index contributed by atoms with van der Waals surface area (Å²) in [6.07, 6.45) is 0.398.